The van der Waals surface area contributed by atoms with Crippen LogP contribution in [0, 0.1) is 0 Å². The van der Waals surface area contributed by atoms with Crippen LogP contribution in [0.25, 0.3) is 0 Å². The highest BCUT2D eigenvalue weighted by molar-refractivity contribution is 5.33. The molecule has 2 aromatic rings. The van der Waals surface area contributed by atoms with E-state index in [-0.39, 0.29) is 0 Å². The van der Waals surface area contributed by atoms with Gasteiger partial charge in [-0.3, -0.25) is 4.68 Å². The highest BCUT2D eigenvalue weighted by Gasteiger charge is 2.08. The van der Waals surface area contributed by atoms with Crippen LogP contribution < -0.4 is 10.1 Å². The van der Waals surface area contributed by atoms with Crippen molar-refractivity contribution in [2.24, 2.45) is 7.05 Å². The van der Waals surface area contributed by atoms with Gasteiger partial charge in [0.1, 0.15) is 12.1 Å². The van der Waals surface area contributed by atoms with E-state index < -0.39 is 0 Å². The maximum Gasteiger partial charge on any atom is 0.151 e. The molecular weight excluding hydrogens is 252 g/mol. The Bertz CT molecular complexity index is 538. The molecule has 5 heteroatoms. The van der Waals surface area contributed by atoms with Gasteiger partial charge < -0.3 is 10.1 Å². The fourth-order valence-electron chi connectivity index (χ4n) is 2.20. The summed E-state index contributed by atoms with van der Waals surface area (Å²) in [5, 5.41) is 7.76. The number of nitrogens with zero attached hydrogens (tertiary/aromatic N) is 3. The molecule has 0 spiro atoms. The van der Waals surface area contributed by atoms with Gasteiger partial charge in [0.25, 0.3) is 0 Å². The van der Waals surface area contributed by atoms with Crippen molar-refractivity contribution in [3.05, 3.63) is 42.0 Å². The van der Waals surface area contributed by atoms with E-state index in [4.69, 9.17) is 4.74 Å². The quantitative estimate of drug-likeness (QED) is 0.833. The molecule has 1 aromatic heterocycles. The predicted molar refractivity (Wildman–Crippen MR) is 78.9 cm³/mol. The van der Waals surface area contributed by atoms with Crippen LogP contribution in [0.1, 0.15) is 18.3 Å². The largest absolute Gasteiger partial charge is 0.496 e. The molecule has 1 aromatic carbocycles. The van der Waals surface area contributed by atoms with Gasteiger partial charge in [0.15, 0.2) is 5.82 Å². The lowest BCUT2D eigenvalue weighted by molar-refractivity contribution is 0.406. The van der Waals surface area contributed by atoms with Gasteiger partial charge in [-0.1, -0.05) is 18.2 Å². The molecular formula is C15H22N4O. The number of aromatic nitrogens is 3. The van der Waals surface area contributed by atoms with Crippen molar-refractivity contribution in [1.29, 1.82) is 0 Å². The van der Waals surface area contributed by atoms with Gasteiger partial charge in [-0.25, -0.2) is 4.98 Å². The first-order valence-corrected chi connectivity index (χ1v) is 6.89. The van der Waals surface area contributed by atoms with Crippen LogP contribution in [-0.4, -0.2) is 34.5 Å². The SMILES string of the molecule is COc1ccccc1CC(C)NCCc1ncn(C)n1. The third-order valence-corrected chi connectivity index (χ3v) is 3.21. The zero-order valence-electron chi connectivity index (χ0n) is 12.3. The number of hydrogen-bond donors (Lipinski definition) is 1. The molecule has 0 amide bonds. The summed E-state index contributed by atoms with van der Waals surface area (Å²) in [7, 11) is 3.60. The van der Waals surface area contributed by atoms with E-state index in [1.807, 2.05) is 25.2 Å². The summed E-state index contributed by atoms with van der Waals surface area (Å²) in [6.45, 7) is 3.05. The third kappa shape index (κ3) is 4.06. The highest BCUT2D eigenvalue weighted by atomic mass is 16.5. The first-order valence-electron chi connectivity index (χ1n) is 6.89. The first kappa shape index (κ1) is 14.5. The summed E-state index contributed by atoms with van der Waals surface area (Å²) in [4.78, 5) is 4.22. The Balaban J connectivity index is 1.79. The average molecular weight is 274 g/mol. The number of aryl methyl sites for hydroxylation is 1. The lowest BCUT2D eigenvalue weighted by atomic mass is 10.1. The van der Waals surface area contributed by atoms with Crippen LogP contribution in [0.2, 0.25) is 0 Å². The minimum atomic E-state index is 0.384. The standard InChI is InChI=1S/C15H22N4O/c1-12(10-13-6-4-5-7-14(13)20-3)16-9-8-15-17-11-19(2)18-15/h4-7,11-12,16H,8-10H2,1-3H3. The lowest BCUT2D eigenvalue weighted by Crippen LogP contribution is -2.30. The third-order valence-electron chi connectivity index (χ3n) is 3.21. The Morgan fingerprint density at radius 2 is 2.15 bits per heavy atom. The van der Waals surface area contributed by atoms with Crippen LogP contribution in [0.15, 0.2) is 30.6 Å². The molecule has 0 saturated heterocycles. The van der Waals surface area contributed by atoms with E-state index in [0.29, 0.717) is 6.04 Å². The van der Waals surface area contributed by atoms with Crippen LogP contribution >= 0.6 is 0 Å². The Hall–Kier alpha value is -1.88. The summed E-state index contributed by atoms with van der Waals surface area (Å²) < 4.78 is 7.10. The monoisotopic (exact) mass is 274 g/mol. The topological polar surface area (TPSA) is 52.0 Å². The van der Waals surface area contributed by atoms with Crippen molar-refractivity contribution < 1.29 is 4.74 Å². The van der Waals surface area contributed by atoms with Gasteiger partial charge in [0.2, 0.25) is 0 Å². The molecule has 2 rings (SSSR count). The van der Waals surface area contributed by atoms with E-state index >= 15 is 0 Å². The Morgan fingerprint density at radius 1 is 1.35 bits per heavy atom. The maximum absolute atomic E-state index is 5.37. The van der Waals surface area contributed by atoms with Gasteiger partial charge in [0, 0.05) is 26.1 Å². The van der Waals surface area contributed by atoms with Crippen LogP contribution in [0.4, 0.5) is 0 Å². The predicted octanol–water partition coefficient (Wildman–Crippen LogP) is 1.59. The van der Waals surface area contributed by atoms with Gasteiger partial charge in [-0.05, 0) is 25.0 Å². The molecule has 0 aliphatic rings. The second-order valence-electron chi connectivity index (χ2n) is 4.96. The van der Waals surface area contributed by atoms with Crippen molar-refractivity contribution in [3.63, 3.8) is 0 Å². The number of para-hydroxylation sites is 1. The summed E-state index contributed by atoms with van der Waals surface area (Å²) in [6, 6.07) is 8.53. The van der Waals surface area contributed by atoms with Gasteiger partial charge in [-0.2, -0.15) is 5.10 Å². The molecule has 0 aliphatic heterocycles. The van der Waals surface area contributed by atoms with E-state index in [9.17, 15) is 0 Å². The average Bonchev–Trinajstić information content (AvgIpc) is 2.85. The summed E-state index contributed by atoms with van der Waals surface area (Å²) in [5.41, 5.74) is 1.23. The number of benzene rings is 1. The molecule has 108 valence electrons. The molecule has 0 radical (unpaired) electrons. The van der Waals surface area contributed by atoms with Crippen molar-refractivity contribution in [2.75, 3.05) is 13.7 Å². The normalized spacial score (nSPS) is 12.3. The Morgan fingerprint density at radius 3 is 2.85 bits per heavy atom. The highest BCUT2D eigenvalue weighted by Crippen LogP contribution is 2.18. The zero-order valence-corrected chi connectivity index (χ0v) is 12.3. The molecule has 1 N–H and O–H groups in total. The number of ether oxygens (including phenoxy) is 1. The number of rotatable bonds is 7. The van der Waals surface area contributed by atoms with Crippen LogP contribution in [0.3, 0.4) is 0 Å². The number of hydrogen-bond acceptors (Lipinski definition) is 4. The second kappa shape index (κ2) is 7.05. The van der Waals surface area contributed by atoms with E-state index in [0.717, 1.165) is 31.0 Å². The van der Waals surface area contributed by atoms with E-state index in [1.165, 1.54) is 5.56 Å². The molecule has 0 saturated carbocycles. The summed E-state index contributed by atoms with van der Waals surface area (Å²) in [6.07, 6.45) is 3.52. The van der Waals surface area contributed by atoms with Gasteiger partial charge >= 0.3 is 0 Å². The number of methoxy groups -OCH3 is 1. The fourth-order valence-corrected chi connectivity index (χ4v) is 2.20. The smallest absolute Gasteiger partial charge is 0.151 e. The van der Waals surface area contributed by atoms with E-state index in [1.54, 1.807) is 18.1 Å². The zero-order chi connectivity index (χ0) is 14.4. The van der Waals surface area contributed by atoms with Gasteiger partial charge in [0.05, 0.1) is 7.11 Å². The maximum atomic E-state index is 5.37. The van der Waals surface area contributed by atoms with Crippen molar-refractivity contribution in [2.45, 2.75) is 25.8 Å². The van der Waals surface area contributed by atoms with Crippen LogP contribution in [0.5, 0.6) is 5.75 Å². The van der Waals surface area contributed by atoms with E-state index in [2.05, 4.69) is 28.4 Å². The summed E-state index contributed by atoms with van der Waals surface area (Å²) >= 11 is 0. The Labute approximate surface area is 120 Å². The van der Waals surface area contributed by atoms with Crippen LogP contribution in [-0.2, 0) is 19.9 Å². The van der Waals surface area contributed by atoms with Crippen molar-refractivity contribution >= 4 is 0 Å². The molecule has 20 heavy (non-hydrogen) atoms. The minimum absolute atomic E-state index is 0.384. The molecule has 0 aliphatic carbocycles. The molecule has 0 bridgehead atoms. The minimum Gasteiger partial charge on any atom is -0.496 e. The van der Waals surface area contributed by atoms with Gasteiger partial charge in [-0.15, -0.1) is 0 Å². The molecule has 0 fully saturated rings. The second-order valence-corrected chi connectivity index (χ2v) is 4.96. The lowest BCUT2D eigenvalue weighted by Gasteiger charge is -2.15. The summed E-state index contributed by atoms with van der Waals surface area (Å²) in [5.74, 6) is 1.83. The molecule has 1 atom stereocenters. The Kier molecular flexibility index (Phi) is 5.12. The fraction of sp³-hybridized carbons (Fsp3) is 0.467. The molecule has 1 unspecified atom stereocenters. The molecule has 1 heterocycles. The molecule has 5 nitrogen and oxygen atoms in total. The van der Waals surface area contributed by atoms with Crippen molar-refractivity contribution in [3.8, 4) is 5.75 Å². The first-order chi connectivity index (χ1) is 9.69. The number of nitrogens with one attached hydrogen (secondary N) is 1. The van der Waals surface area contributed by atoms with Crippen molar-refractivity contribution in [1.82, 2.24) is 20.1 Å².